The van der Waals surface area contributed by atoms with Crippen LogP contribution in [-0.4, -0.2) is 27.4 Å². The second-order valence-corrected chi connectivity index (χ2v) is 5.60. The number of ketones is 1. The Bertz CT molecular complexity index is 684. The molecule has 21 heavy (non-hydrogen) atoms. The van der Waals surface area contributed by atoms with Gasteiger partial charge in [-0.1, -0.05) is 17.3 Å². The summed E-state index contributed by atoms with van der Waals surface area (Å²) in [5.74, 6) is 0.717. The minimum absolute atomic E-state index is 0.000702. The summed E-state index contributed by atoms with van der Waals surface area (Å²) in [4.78, 5) is 15.7. The maximum Gasteiger partial charge on any atom is 0.416 e. The molecule has 2 aromatic rings. The van der Waals surface area contributed by atoms with Crippen LogP contribution in [0.1, 0.15) is 17.4 Å². The summed E-state index contributed by atoms with van der Waals surface area (Å²) < 4.78 is 43.0. The van der Waals surface area contributed by atoms with Crippen LogP contribution in [-0.2, 0) is 11.0 Å². The molecule has 2 heterocycles. The van der Waals surface area contributed by atoms with E-state index < -0.39 is 17.7 Å². The fourth-order valence-corrected chi connectivity index (χ4v) is 3.09. The molecule has 1 atom stereocenters. The number of rotatable bonds is 2. The molecule has 3 rings (SSSR count). The molecular formula is C13H9F3N2O2S. The third kappa shape index (κ3) is 2.80. The van der Waals surface area contributed by atoms with Gasteiger partial charge in [-0.2, -0.15) is 29.9 Å². The number of nitrogens with zero attached hydrogens (tertiary/aromatic N) is 2. The normalized spacial score (nSPS) is 19.2. The molecule has 0 N–H and O–H groups in total. The van der Waals surface area contributed by atoms with Gasteiger partial charge in [0, 0.05) is 11.3 Å². The van der Waals surface area contributed by atoms with Gasteiger partial charge in [0.25, 0.3) is 0 Å². The van der Waals surface area contributed by atoms with E-state index in [0.717, 1.165) is 12.1 Å². The Hall–Kier alpha value is -1.83. The van der Waals surface area contributed by atoms with Crippen molar-refractivity contribution in [2.24, 2.45) is 0 Å². The van der Waals surface area contributed by atoms with Crippen molar-refractivity contribution in [3.05, 3.63) is 35.7 Å². The van der Waals surface area contributed by atoms with Gasteiger partial charge in [0.1, 0.15) is 5.92 Å². The fourth-order valence-electron chi connectivity index (χ4n) is 2.01. The molecule has 1 aromatic heterocycles. The van der Waals surface area contributed by atoms with E-state index in [2.05, 4.69) is 10.1 Å². The first kappa shape index (κ1) is 14.1. The maximum absolute atomic E-state index is 12.7. The molecule has 1 aliphatic heterocycles. The first-order valence-corrected chi connectivity index (χ1v) is 7.22. The summed E-state index contributed by atoms with van der Waals surface area (Å²) >= 11 is 1.47. The van der Waals surface area contributed by atoms with Crippen LogP contribution in [0.25, 0.3) is 11.4 Å². The standard InChI is InChI=1S/C13H9F3N2O2S/c14-13(15,16)8-3-1-2-7(4-8)11-17-12(20-18-11)9-5-21-6-10(9)19/h1-4,9H,5-6H2. The third-order valence-corrected chi connectivity index (χ3v) is 4.16. The van der Waals surface area contributed by atoms with Crippen LogP contribution >= 0.6 is 11.8 Å². The average molecular weight is 314 g/mol. The van der Waals surface area contributed by atoms with Crippen molar-refractivity contribution in [1.29, 1.82) is 0 Å². The van der Waals surface area contributed by atoms with E-state index in [1.807, 2.05) is 0 Å². The number of halogens is 3. The van der Waals surface area contributed by atoms with Gasteiger partial charge in [0.15, 0.2) is 5.78 Å². The topological polar surface area (TPSA) is 56.0 Å². The van der Waals surface area contributed by atoms with Gasteiger partial charge in [-0.25, -0.2) is 0 Å². The molecule has 110 valence electrons. The predicted octanol–water partition coefficient (Wildman–Crippen LogP) is 3.15. The Kier molecular flexibility index (Phi) is 3.48. The molecule has 8 heteroatoms. The molecule has 0 saturated carbocycles. The van der Waals surface area contributed by atoms with Crippen LogP contribution in [0.5, 0.6) is 0 Å². The summed E-state index contributed by atoms with van der Waals surface area (Å²) in [6.07, 6.45) is -4.43. The highest BCUT2D eigenvalue weighted by molar-refractivity contribution is 8.00. The lowest BCUT2D eigenvalue weighted by Crippen LogP contribution is -2.09. The highest BCUT2D eigenvalue weighted by atomic mass is 32.2. The van der Waals surface area contributed by atoms with Gasteiger partial charge in [0.2, 0.25) is 11.7 Å². The van der Waals surface area contributed by atoms with Gasteiger partial charge in [0.05, 0.1) is 11.3 Å². The van der Waals surface area contributed by atoms with E-state index in [1.165, 1.54) is 23.9 Å². The van der Waals surface area contributed by atoms with Gasteiger partial charge < -0.3 is 4.52 Å². The predicted molar refractivity (Wildman–Crippen MR) is 69.8 cm³/mol. The van der Waals surface area contributed by atoms with Crippen molar-refractivity contribution in [3.63, 3.8) is 0 Å². The SMILES string of the molecule is O=C1CSCC1c1nc(-c2cccc(C(F)(F)F)c2)no1. The molecule has 0 aliphatic carbocycles. The Balaban J connectivity index is 1.91. The Morgan fingerprint density at radius 3 is 2.81 bits per heavy atom. The number of Topliss-reactive ketones (excluding diaryl/α,β-unsaturated/α-hetero) is 1. The number of hydrogen-bond donors (Lipinski definition) is 0. The van der Waals surface area contributed by atoms with Crippen molar-refractivity contribution in [3.8, 4) is 11.4 Å². The number of thioether (sulfide) groups is 1. The maximum atomic E-state index is 12.7. The van der Waals surface area contributed by atoms with E-state index in [0.29, 0.717) is 11.5 Å². The number of carbonyl (C=O) groups excluding carboxylic acids is 1. The van der Waals surface area contributed by atoms with E-state index in [4.69, 9.17) is 4.52 Å². The zero-order valence-electron chi connectivity index (χ0n) is 10.6. The lowest BCUT2D eigenvalue weighted by atomic mass is 10.1. The van der Waals surface area contributed by atoms with Crippen LogP contribution in [0.15, 0.2) is 28.8 Å². The minimum Gasteiger partial charge on any atom is -0.338 e. The van der Waals surface area contributed by atoms with Crippen molar-refractivity contribution >= 4 is 17.5 Å². The number of hydrogen-bond acceptors (Lipinski definition) is 5. The van der Waals surface area contributed by atoms with Crippen LogP contribution in [0.4, 0.5) is 13.2 Å². The molecule has 0 spiro atoms. The van der Waals surface area contributed by atoms with Crippen LogP contribution in [0.2, 0.25) is 0 Å². The van der Waals surface area contributed by atoms with Gasteiger partial charge >= 0.3 is 6.18 Å². The molecule has 1 aromatic carbocycles. The number of alkyl halides is 3. The number of carbonyl (C=O) groups is 1. The van der Waals surface area contributed by atoms with E-state index in [9.17, 15) is 18.0 Å². The Morgan fingerprint density at radius 2 is 2.14 bits per heavy atom. The lowest BCUT2D eigenvalue weighted by Gasteiger charge is -2.06. The summed E-state index contributed by atoms with van der Waals surface area (Å²) in [6, 6.07) is 4.68. The summed E-state index contributed by atoms with van der Waals surface area (Å²) in [6.45, 7) is 0. The van der Waals surface area contributed by atoms with Gasteiger partial charge in [-0.3, -0.25) is 4.79 Å². The molecule has 1 aliphatic rings. The first-order valence-electron chi connectivity index (χ1n) is 6.07. The van der Waals surface area contributed by atoms with Crippen molar-refractivity contribution < 1.29 is 22.5 Å². The van der Waals surface area contributed by atoms with Gasteiger partial charge in [-0.15, -0.1) is 0 Å². The number of aromatic nitrogens is 2. The summed E-state index contributed by atoms with van der Waals surface area (Å²) in [7, 11) is 0. The first-order chi connectivity index (χ1) is 9.95. The molecule has 1 unspecified atom stereocenters. The second kappa shape index (κ2) is 5.18. The van der Waals surface area contributed by atoms with Crippen molar-refractivity contribution in [2.45, 2.75) is 12.1 Å². The molecule has 1 fully saturated rings. The van der Waals surface area contributed by atoms with Crippen LogP contribution < -0.4 is 0 Å². The number of benzene rings is 1. The largest absolute Gasteiger partial charge is 0.416 e. The Labute approximate surface area is 121 Å². The molecule has 4 nitrogen and oxygen atoms in total. The quantitative estimate of drug-likeness (QED) is 0.852. The highest BCUT2D eigenvalue weighted by Crippen LogP contribution is 2.33. The minimum atomic E-state index is -4.43. The molecule has 0 amide bonds. The van der Waals surface area contributed by atoms with Crippen LogP contribution in [0, 0.1) is 0 Å². The smallest absolute Gasteiger partial charge is 0.338 e. The third-order valence-electron chi connectivity index (χ3n) is 3.11. The summed E-state index contributed by atoms with van der Waals surface area (Å²) in [5, 5.41) is 3.67. The molecule has 0 bridgehead atoms. The monoisotopic (exact) mass is 314 g/mol. The molecule has 0 radical (unpaired) electrons. The van der Waals surface area contributed by atoms with Gasteiger partial charge in [-0.05, 0) is 12.1 Å². The molecule has 1 saturated heterocycles. The van der Waals surface area contributed by atoms with E-state index in [-0.39, 0.29) is 23.1 Å². The van der Waals surface area contributed by atoms with Crippen LogP contribution in [0.3, 0.4) is 0 Å². The average Bonchev–Trinajstić information content (AvgIpc) is 3.06. The van der Waals surface area contributed by atoms with Crippen molar-refractivity contribution in [2.75, 3.05) is 11.5 Å². The lowest BCUT2D eigenvalue weighted by molar-refractivity contribution is -0.137. The second-order valence-electron chi connectivity index (χ2n) is 4.57. The Morgan fingerprint density at radius 1 is 1.33 bits per heavy atom. The zero-order valence-corrected chi connectivity index (χ0v) is 11.4. The zero-order chi connectivity index (χ0) is 15.0. The van der Waals surface area contributed by atoms with Crippen molar-refractivity contribution in [1.82, 2.24) is 10.1 Å². The van der Waals surface area contributed by atoms with E-state index in [1.54, 1.807) is 0 Å². The van der Waals surface area contributed by atoms with E-state index >= 15 is 0 Å². The molecular weight excluding hydrogens is 305 g/mol. The summed E-state index contributed by atoms with van der Waals surface area (Å²) in [5.41, 5.74) is -0.572. The highest BCUT2D eigenvalue weighted by Gasteiger charge is 2.33. The fraction of sp³-hybridized carbons (Fsp3) is 0.308.